The van der Waals surface area contributed by atoms with Gasteiger partial charge in [0.05, 0.1) is 34.7 Å². The zero-order valence-electron chi connectivity index (χ0n) is 20.8. The molecule has 1 saturated heterocycles. The number of pyridine rings is 1. The quantitative estimate of drug-likeness (QED) is 0.581. The van der Waals surface area contributed by atoms with Gasteiger partial charge in [0.1, 0.15) is 23.1 Å². The molecular weight excluding hydrogens is 446 g/mol. The average Bonchev–Trinajstić information content (AvgIpc) is 3.15. The lowest BCUT2D eigenvalue weighted by Crippen LogP contribution is -2.50. The van der Waals surface area contributed by atoms with Crippen LogP contribution in [0.1, 0.15) is 37.7 Å². The predicted octanol–water partition coefficient (Wildman–Crippen LogP) is 2.79. The summed E-state index contributed by atoms with van der Waals surface area (Å²) in [5.41, 5.74) is 9.82. The standard InChI is InChI=1S/C24H31N9O2/c1-15-16(13-25)21(30-22(26)28-15)27-14-18-20(12-19-17(29-18)6-7-31(19)5)32-8-10-33(11-9-32)23(34)35-24(2,3)4/h6-7,12H,8-11,14H2,1-5H3,(H3,26,27,28,30). The topological polar surface area (TPSA) is 138 Å². The molecule has 4 heterocycles. The first-order valence-electron chi connectivity index (χ1n) is 11.5. The van der Waals surface area contributed by atoms with E-state index in [1.165, 1.54) is 0 Å². The first kappa shape index (κ1) is 24.1. The molecule has 1 aliphatic rings. The minimum absolute atomic E-state index is 0.106. The van der Waals surface area contributed by atoms with Crippen molar-refractivity contribution >= 4 is 34.6 Å². The lowest BCUT2D eigenvalue weighted by atomic mass is 10.2. The number of rotatable bonds is 4. The lowest BCUT2D eigenvalue weighted by Gasteiger charge is -2.37. The number of anilines is 3. The summed E-state index contributed by atoms with van der Waals surface area (Å²) < 4.78 is 7.56. The molecule has 0 unspecified atom stereocenters. The number of carbonyl (C=O) groups is 1. The van der Waals surface area contributed by atoms with Crippen LogP contribution in [0, 0.1) is 18.3 Å². The number of nitrogens with zero attached hydrogens (tertiary/aromatic N) is 7. The summed E-state index contributed by atoms with van der Waals surface area (Å²) in [6, 6.07) is 6.23. The number of piperazine rings is 1. The van der Waals surface area contributed by atoms with Crippen LogP contribution < -0.4 is 16.0 Å². The van der Waals surface area contributed by atoms with Crippen molar-refractivity contribution in [3.8, 4) is 6.07 Å². The van der Waals surface area contributed by atoms with E-state index in [9.17, 15) is 10.1 Å². The maximum Gasteiger partial charge on any atom is 0.410 e. The van der Waals surface area contributed by atoms with Crippen LogP contribution in [-0.4, -0.2) is 62.3 Å². The Balaban J connectivity index is 1.59. The van der Waals surface area contributed by atoms with Gasteiger partial charge in [-0.2, -0.15) is 10.2 Å². The van der Waals surface area contributed by atoms with Crippen molar-refractivity contribution in [2.45, 2.75) is 39.8 Å². The molecule has 0 atom stereocenters. The summed E-state index contributed by atoms with van der Waals surface area (Å²) in [5, 5.41) is 12.8. The van der Waals surface area contributed by atoms with Crippen molar-refractivity contribution < 1.29 is 9.53 Å². The fraction of sp³-hybridized carbons (Fsp3) is 0.458. The van der Waals surface area contributed by atoms with Crippen molar-refractivity contribution in [2.75, 3.05) is 42.1 Å². The Labute approximate surface area is 204 Å². The number of aryl methyl sites for hydroxylation is 2. The fourth-order valence-electron chi connectivity index (χ4n) is 4.10. The van der Waals surface area contributed by atoms with E-state index in [0.717, 1.165) is 22.4 Å². The summed E-state index contributed by atoms with van der Waals surface area (Å²) >= 11 is 0. The highest BCUT2D eigenvalue weighted by Gasteiger charge is 2.27. The Morgan fingerprint density at radius 3 is 2.60 bits per heavy atom. The van der Waals surface area contributed by atoms with E-state index >= 15 is 0 Å². The molecule has 1 amide bonds. The smallest absolute Gasteiger partial charge is 0.410 e. The zero-order valence-corrected chi connectivity index (χ0v) is 20.8. The number of hydrogen-bond donors (Lipinski definition) is 2. The van der Waals surface area contributed by atoms with E-state index in [1.54, 1.807) is 11.8 Å². The molecular formula is C24H31N9O2. The molecule has 0 aliphatic carbocycles. The van der Waals surface area contributed by atoms with E-state index in [4.69, 9.17) is 15.5 Å². The van der Waals surface area contributed by atoms with Crippen LogP contribution >= 0.6 is 0 Å². The van der Waals surface area contributed by atoms with Crippen molar-refractivity contribution in [3.63, 3.8) is 0 Å². The number of fused-ring (bicyclic) bond motifs is 1. The van der Waals surface area contributed by atoms with Gasteiger partial charge in [0, 0.05) is 39.4 Å². The second-order valence-corrected chi connectivity index (χ2v) is 9.60. The monoisotopic (exact) mass is 477 g/mol. The third-order valence-corrected chi connectivity index (χ3v) is 5.84. The molecule has 1 fully saturated rings. The molecule has 0 bridgehead atoms. The van der Waals surface area contributed by atoms with Gasteiger partial charge in [-0.3, -0.25) is 0 Å². The van der Waals surface area contributed by atoms with E-state index in [1.807, 2.05) is 44.6 Å². The molecule has 11 nitrogen and oxygen atoms in total. The van der Waals surface area contributed by atoms with E-state index in [0.29, 0.717) is 49.8 Å². The van der Waals surface area contributed by atoms with Gasteiger partial charge in [0.15, 0.2) is 0 Å². The Bertz CT molecular complexity index is 1300. The first-order valence-corrected chi connectivity index (χ1v) is 11.5. The minimum atomic E-state index is -0.528. The maximum absolute atomic E-state index is 12.5. The van der Waals surface area contributed by atoms with Gasteiger partial charge in [-0.1, -0.05) is 0 Å². The summed E-state index contributed by atoms with van der Waals surface area (Å²) in [6.45, 7) is 10.1. The van der Waals surface area contributed by atoms with E-state index < -0.39 is 5.60 Å². The number of nitrogens with one attached hydrogen (secondary N) is 1. The summed E-state index contributed by atoms with van der Waals surface area (Å²) in [4.78, 5) is 29.6. The van der Waals surface area contributed by atoms with Gasteiger partial charge >= 0.3 is 6.09 Å². The SMILES string of the molecule is Cc1nc(N)nc(NCc2nc3ccn(C)c3cc2N2CCN(C(=O)OC(C)(C)C)CC2)c1C#N. The molecule has 3 aromatic rings. The van der Waals surface area contributed by atoms with Crippen LogP contribution in [0.25, 0.3) is 11.0 Å². The third kappa shape index (κ3) is 5.21. The van der Waals surface area contributed by atoms with Crippen molar-refractivity contribution in [1.82, 2.24) is 24.4 Å². The molecule has 35 heavy (non-hydrogen) atoms. The largest absolute Gasteiger partial charge is 0.444 e. The highest BCUT2D eigenvalue weighted by Crippen LogP contribution is 2.28. The lowest BCUT2D eigenvalue weighted by molar-refractivity contribution is 0.0240. The molecule has 0 spiro atoms. The van der Waals surface area contributed by atoms with Gasteiger partial charge in [0.2, 0.25) is 5.95 Å². The molecule has 0 aromatic carbocycles. The number of nitriles is 1. The summed E-state index contributed by atoms with van der Waals surface area (Å²) in [5.74, 6) is 0.488. The zero-order chi connectivity index (χ0) is 25.3. The third-order valence-electron chi connectivity index (χ3n) is 5.84. The second kappa shape index (κ2) is 9.29. The van der Waals surface area contributed by atoms with Crippen LogP contribution in [0.2, 0.25) is 0 Å². The van der Waals surface area contributed by atoms with Crippen LogP contribution in [-0.2, 0) is 18.3 Å². The van der Waals surface area contributed by atoms with Crippen molar-refractivity contribution in [2.24, 2.45) is 7.05 Å². The number of amides is 1. The molecule has 0 saturated carbocycles. The highest BCUT2D eigenvalue weighted by molar-refractivity contribution is 5.81. The molecule has 3 aromatic heterocycles. The number of hydrogen-bond acceptors (Lipinski definition) is 9. The number of ether oxygens (including phenoxy) is 1. The number of carbonyl (C=O) groups excluding carboxylic acids is 1. The molecule has 3 N–H and O–H groups in total. The van der Waals surface area contributed by atoms with Gasteiger partial charge < -0.3 is 30.2 Å². The number of nitrogen functional groups attached to an aromatic ring is 1. The van der Waals surface area contributed by atoms with E-state index in [2.05, 4.69) is 32.3 Å². The summed E-state index contributed by atoms with van der Waals surface area (Å²) in [7, 11) is 1.98. The highest BCUT2D eigenvalue weighted by atomic mass is 16.6. The Morgan fingerprint density at radius 1 is 1.23 bits per heavy atom. The summed E-state index contributed by atoms with van der Waals surface area (Å²) in [6.07, 6.45) is 1.68. The normalized spacial score (nSPS) is 14.2. The Morgan fingerprint density at radius 2 is 1.94 bits per heavy atom. The maximum atomic E-state index is 12.5. The van der Waals surface area contributed by atoms with Crippen LogP contribution in [0.3, 0.4) is 0 Å². The number of aromatic nitrogens is 4. The van der Waals surface area contributed by atoms with Crippen LogP contribution in [0.15, 0.2) is 18.3 Å². The fourth-order valence-corrected chi connectivity index (χ4v) is 4.10. The van der Waals surface area contributed by atoms with Gasteiger partial charge in [0.25, 0.3) is 0 Å². The van der Waals surface area contributed by atoms with Gasteiger partial charge in [-0.25, -0.2) is 14.8 Å². The van der Waals surface area contributed by atoms with E-state index in [-0.39, 0.29) is 12.0 Å². The van der Waals surface area contributed by atoms with Crippen molar-refractivity contribution in [1.29, 1.82) is 5.26 Å². The molecule has 1 aliphatic heterocycles. The molecule has 0 radical (unpaired) electrons. The first-order chi connectivity index (χ1) is 16.6. The van der Waals surface area contributed by atoms with Crippen molar-refractivity contribution in [3.05, 3.63) is 35.3 Å². The van der Waals surface area contributed by atoms with Gasteiger partial charge in [-0.15, -0.1) is 0 Å². The second-order valence-electron chi connectivity index (χ2n) is 9.60. The molecule has 4 rings (SSSR count). The van der Waals surface area contributed by atoms with Crippen LogP contribution in [0.4, 0.5) is 22.2 Å². The Hall–Kier alpha value is -4.07. The van der Waals surface area contributed by atoms with Gasteiger partial charge in [-0.05, 0) is 39.8 Å². The van der Waals surface area contributed by atoms with Crippen LogP contribution in [0.5, 0.6) is 0 Å². The average molecular weight is 478 g/mol. The molecule has 11 heteroatoms. The Kier molecular flexibility index (Phi) is 6.39. The number of nitrogens with two attached hydrogens (primary N) is 1. The molecule has 184 valence electrons. The predicted molar refractivity (Wildman–Crippen MR) is 134 cm³/mol. The minimum Gasteiger partial charge on any atom is -0.444 e.